The van der Waals surface area contributed by atoms with Crippen molar-refractivity contribution in [1.29, 1.82) is 0 Å². The lowest BCUT2D eigenvalue weighted by Gasteiger charge is -1.88. The Morgan fingerprint density at radius 1 is 1.57 bits per heavy atom. The van der Waals surface area contributed by atoms with Gasteiger partial charge >= 0.3 is 0 Å². The molecule has 0 radical (unpaired) electrons. The number of nitrogens with zero attached hydrogens (tertiary/aromatic N) is 3. The first-order valence-electron chi connectivity index (χ1n) is 3.87. The van der Waals surface area contributed by atoms with Gasteiger partial charge in [0.2, 0.25) is 0 Å². The van der Waals surface area contributed by atoms with Gasteiger partial charge in [0, 0.05) is 41.2 Å². The maximum atomic E-state index is 5.10. The molecule has 0 fully saturated rings. The molecule has 1 aromatic heterocycles. The average Bonchev–Trinajstić information content (AvgIpc) is 2.20. The summed E-state index contributed by atoms with van der Waals surface area (Å²) in [6.45, 7) is 0. The number of pyridine rings is 1. The lowest BCUT2D eigenvalue weighted by molar-refractivity contribution is 1.32. The molecule has 0 bridgehead atoms. The Kier molecular flexibility index (Phi) is 4.84. The van der Waals surface area contributed by atoms with Crippen molar-refractivity contribution in [2.24, 2.45) is 15.7 Å². The fraction of sp³-hybridized carbons (Fsp3) is 0. The molecule has 72 valence electrons. The molecule has 4 nitrogen and oxygen atoms in total. The summed E-state index contributed by atoms with van der Waals surface area (Å²) < 4.78 is 0.588. The summed E-state index contributed by atoms with van der Waals surface area (Å²) in [6.07, 6.45) is 8.20. The van der Waals surface area contributed by atoms with Crippen molar-refractivity contribution in [2.75, 3.05) is 0 Å². The second kappa shape index (κ2) is 6.25. The zero-order chi connectivity index (χ0) is 10.2. The van der Waals surface area contributed by atoms with Crippen molar-refractivity contribution < 1.29 is 0 Å². The van der Waals surface area contributed by atoms with Crippen LogP contribution in [-0.2, 0) is 0 Å². The van der Waals surface area contributed by atoms with E-state index >= 15 is 0 Å². The first-order chi connectivity index (χ1) is 6.83. The summed E-state index contributed by atoms with van der Waals surface area (Å²) >= 11 is 1.99. The highest BCUT2D eigenvalue weighted by molar-refractivity contribution is 14.1. The maximum absolute atomic E-state index is 5.10. The lowest BCUT2D eigenvalue weighted by Crippen LogP contribution is -1.90. The molecular formula is C9H9IN4. The van der Waals surface area contributed by atoms with E-state index in [1.807, 2.05) is 40.8 Å². The van der Waals surface area contributed by atoms with Crippen molar-refractivity contribution >= 4 is 38.8 Å². The third-order valence-corrected chi connectivity index (χ3v) is 1.87. The molecule has 0 spiro atoms. The third-order valence-electron chi connectivity index (χ3n) is 1.31. The normalized spacial score (nSPS) is 12.8. The predicted octanol–water partition coefficient (Wildman–Crippen LogP) is 1.83. The van der Waals surface area contributed by atoms with Crippen molar-refractivity contribution in [2.45, 2.75) is 0 Å². The van der Waals surface area contributed by atoms with Crippen LogP contribution in [0.25, 0.3) is 6.08 Å². The molecule has 0 aliphatic heterocycles. The van der Waals surface area contributed by atoms with Crippen LogP contribution in [0.3, 0.4) is 0 Å². The second-order valence-electron chi connectivity index (χ2n) is 2.28. The summed E-state index contributed by atoms with van der Waals surface area (Å²) in [7, 11) is 0. The lowest BCUT2D eigenvalue weighted by atomic mass is 10.3. The van der Waals surface area contributed by atoms with E-state index in [0.717, 1.165) is 5.56 Å². The van der Waals surface area contributed by atoms with Crippen molar-refractivity contribution in [3.05, 3.63) is 36.3 Å². The molecule has 0 amide bonds. The molecule has 0 saturated carbocycles. The molecule has 0 saturated heterocycles. The number of halogens is 1. The van der Waals surface area contributed by atoms with Crippen molar-refractivity contribution in [3.8, 4) is 0 Å². The van der Waals surface area contributed by atoms with E-state index in [0.29, 0.717) is 3.84 Å². The predicted molar refractivity (Wildman–Crippen MR) is 67.4 cm³/mol. The first kappa shape index (κ1) is 10.8. The van der Waals surface area contributed by atoms with Crippen LogP contribution < -0.4 is 5.73 Å². The van der Waals surface area contributed by atoms with Gasteiger partial charge in [-0.2, -0.15) is 0 Å². The molecule has 5 heteroatoms. The van der Waals surface area contributed by atoms with Crippen LogP contribution in [0.2, 0.25) is 0 Å². The Morgan fingerprint density at radius 3 is 3.07 bits per heavy atom. The van der Waals surface area contributed by atoms with Crippen LogP contribution in [0.15, 0.2) is 40.7 Å². The highest BCUT2D eigenvalue weighted by atomic mass is 127. The zero-order valence-corrected chi connectivity index (χ0v) is 9.50. The van der Waals surface area contributed by atoms with E-state index < -0.39 is 0 Å². The number of nitrogens with two attached hydrogens (primary N) is 1. The zero-order valence-electron chi connectivity index (χ0n) is 7.34. The Hall–Kier alpha value is -1.24. The third kappa shape index (κ3) is 4.13. The fourth-order valence-corrected chi connectivity index (χ4v) is 1.08. The Balaban J connectivity index is 2.62. The van der Waals surface area contributed by atoms with E-state index in [9.17, 15) is 0 Å². The van der Waals surface area contributed by atoms with E-state index in [-0.39, 0.29) is 0 Å². The number of aliphatic imine (C=N–C) groups is 2. The average molecular weight is 300 g/mol. The smallest absolute Gasteiger partial charge is 0.192 e. The van der Waals surface area contributed by atoms with Gasteiger partial charge in [-0.15, -0.1) is 0 Å². The molecule has 2 N–H and O–H groups in total. The quantitative estimate of drug-likeness (QED) is 0.392. The van der Waals surface area contributed by atoms with Gasteiger partial charge in [0.1, 0.15) is 0 Å². The second-order valence-corrected chi connectivity index (χ2v) is 3.24. The van der Waals surface area contributed by atoms with Crippen molar-refractivity contribution in [3.63, 3.8) is 0 Å². The summed E-state index contributed by atoms with van der Waals surface area (Å²) in [5, 5.41) is 0. The van der Waals surface area contributed by atoms with Gasteiger partial charge < -0.3 is 5.73 Å². The van der Waals surface area contributed by atoms with Gasteiger partial charge in [0.05, 0.1) is 6.34 Å². The number of aromatic nitrogens is 1. The molecule has 1 heterocycles. The van der Waals surface area contributed by atoms with Gasteiger partial charge in [-0.05, 0) is 17.7 Å². The van der Waals surface area contributed by atoms with Crippen molar-refractivity contribution in [1.82, 2.24) is 4.98 Å². The molecule has 0 aliphatic rings. The molecule has 1 rings (SSSR count). The Labute approximate surface area is 95.8 Å². The summed E-state index contributed by atoms with van der Waals surface area (Å²) in [4.78, 5) is 11.8. The first-order valence-corrected chi connectivity index (χ1v) is 4.95. The SMILES string of the molecule is NC=NC(I)=N/C=C/c1cccnc1. The van der Waals surface area contributed by atoms with Gasteiger partial charge in [0.25, 0.3) is 0 Å². The van der Waals surface area contributed by atoms with Gasteiger partial charge in [-0.25, -0.2) is 9.98 Å². The summed E-state index contributed by atoms with van der Waals surface area (Å²) in [6, 6.07) is 3.81. The van der Waals surface area contributed by atoms with Gasteiger partial charge in [-0.3, -0.25) is 4.98 Å². The van der Waals surface area contributed by atoms with E-state index in [1.165, 1.54) is 6.34 Å². The topological polar surface area (TPSA) is 63.6 Å². The molecule has 1 aromatic rings. The number of amidine groups is 1. The molecule has 0 atom stereocenters. The van der Waals surface area contributed by atoms with E-state index in [2.05, 4.69) is 15.0 Å². The van der Waals surface area contributed by atoms with Crippen LogP contribution in [0.4, 0.5) is 0 Å². The molecule has 0 aromatic carbocycles. The minimum Gasteiger partial charge on any atom is -0.390 e. The number of hydrogen-bond donors (Lipinski definition) is 1. The van der Waals surface area contributed by atoms with Gasteiger partial charge in [-0.1, -0.05) is 6.07 Å². The largest absolute Gasteiger partial charge is 0.390 e. The van der Waals surface area contributed by atoms with Crippen LogP contribution >= 0.6 is 22.6 Å². The molecule has 0 unspecified atom stereocenters. The van der Waals surface area contributed by atoms with E-state index in [4.69, 9.17) is 5.73 Å². The van der Waals surface area contributed by atoms with Crippen LogP contribution in [0.5, 0.6) is 0 Å². The monoisotopic (exact) mass is 300 g/mol. The minimum atomic E-state index is 0.588. The standard InChI is InChI=1S/C9H9IN4/c10-9(14-7-11)13-5-3-8-2-1-4-12-6-8/h1-7H,(H2,11,13,14)/b5-3+. The van der Waals surface area contributed by atoms with E-state index in [1.54, 1.807) is 18.6 Å². The van der Waals surface area contributed by atoms with Crippen LogP contribution in [0.1, 0.15) is 5.56 Å². The Morgan fingerprint density at radius 2 is 2.43 bits per heavy atom. The van der Waals surface area contributed by atoms with Crippen LogP contribution in [-0.4, -0.2) is 15.2 Å². The highest BCUT2D eigenvalue weighted by Crippen LogP contribution is 2.00. The van der Waals surface area contributed by atoms with Crippen LogP contribution in [0, 0.1) is 0 Å². The molecular weight excluding hydrogens is 291 g/mol. The maximum Gasteiger partial charge on any atom is 0.192 e. The highest BCUT2D eigenvalue weighted by Gasteiger charge is 1.84. The minimum absolute atomic E-state index is 0.588. The van der Waals surface area contributed by atoms with Gasteiger partial charge in [0.15, 0.2) is 3.84 Å². The Bertz CT molecular complexity index is 356. The fourth-order valence-electron chi connectivity index (χ4n) is 0.754. The molecule has 0 aliphatic carbocycles. The molecule has 14 heavy (non-hydrogen) atoms. The summed E-state index contributed by atoms with van der Waals surface area (Å²) in [5.41, 5.74) is 6.10. The summed E-state index contributed by atoms with van der Waals surface area (Å²) in [5.74, 6) is 0. The number of rotatable bonds is 2. The number of hydrogen-bond acceptors (Lipinski definition) is 2.